The lowest BCUT2D eigenvalue weighted by Gasteiger charge is -2.08. The van der Waals surface area contributed by atoms with E-state index in [1.807, 2.05) is 24.3 Å². The average Bonchev–Trinajstić information content (AvgIpc) is 2.39. The first-order valence-electron chi connectivity index (χ1n) is 6.15. The number of unbranched alkanes of at least 4 members (excludes halogenated alkanes) is 1. The van der Waals surface area contributed by atoms with E-state index in [9.17, 15) is 4.79 Å². The number of hydrogen-bond acceptors (Lipinski definition) is 3. The standard InChI is InChI=1S/C14H17N3O/c1-2-3-8-16-14(18)12-9-17-13(15)11-7-5-4-6-10(11)12/h4-7,9H,2-3,8H2,1H3,(H2,15,17)(H,16,18). The molecule has 0 aliphatic carbocycles. The molecule has 0 saturated heterocycles. The second-order valence-electron chi connectivity index (χ2n) is 4.21. The number of nitrogens with one attached hydrogen (secondary N) is 1. The number of amides is 1. The highest BCUT2D eigenvalue weighted by atomic mass is 16.1. The van der Waals surface area contributed by atoms with Crippen molar-refractivity contribution in [2.75, 3.05) is 12.3 Å². The molecular weight excluding hydrogens is 226 g/mol. The zero-order valence-electron chi connectivity index (χ0n) is 10.4. The highest BCUT2D eigenvalue weighted by Gasteiger charge is 2.11. The Morgan fingerprint density at radius 3 is 2.78 bits per heavy atom. The van der Waals surface area contributed by atoms with E-state index in [2.05, 4.69) is 17.2 Å². The number of fused-ring (bicyclic) bond motifs is 1. The van der Waals surface area contributed by atoms with Gasteiger partial charge in [-0.25, -0.2) is 4.98 Å². The van der Waals surface area contributed by atoms with Crippen LogP contribution in [0.15, 0.2) is 30.5 Å². The number of hydrogen-bond donors (Lipinski definition) is 2. The third-order valence-electron chi connectivity index (χ3n) is 2.89. The molecule has 0 spiro atoms. The van der Waals surface area contributed by atoms with Crippen molar-refractivity contribution in [2.24, 2.45) is 0 Å². The first-order chi connectivity index (χ1) is 8.74. The Morgan fingerprint density at radius 1 is 1.33 bits per heavy atom. The van der Waals surface area contributed by atoms with Crippen LogP contribution in [0.3, 0.4) is 0 Å². The van der Waals surface area contributed by atoms with Crippen LogP contribution in [0.5, 0.6) is 0 Å². The molecule has 2 aromatic rings. The highest BCUT2D eigenvalue weighted by molar-refractivity contribution is 6.08. The fraction of sp³-hybridized carbons (Fsp3) is 0.286. The van der Waals surface area contributed by atoms with Crippen LogP contribution in [-0.4, -0.2) is 17.4 Å². The summed E-state index contributed by atoms with van der Waals surface area (Å²) < 4.78 is 0. The van der Waals surface area contributed by atoms with Gasteiger partial charge in [-0.3, -0.25) is 4.79 Å². The van der Waals surface area contributed by atoms with Gasteiger partial charge in [-0.2, -0.15) is 0 Å². The van der Waals surface area contributed by atoms with E-state index in [4.69, 9.17) is 5.73 Å². The van der Waals surface area contributed by atoms with E-state index in [1.54, 1.807) is 6.20 Å². The SMILES string of the molecule is CCCCNC(=O)c1cnc(N)c2ccccc12. The van der Waals surface area contributed by atoms with Gasteiger partial charge in [-0.1, -0.05) is 37.6 Å². The Kier molecular flexibility index (Phi) is 3.77. The molecule has 3 N–H and O–H groups in total. The molecular formula is C14H17N3O. The molecule has 1 aromatic carbocycles. The van der Waals surface area contributed by atoms with Gasteiger partial charge in [0, 0.05) is 18.1 Å². The van der Waals surface area contributed by atoms with Crippen LogP contribution >= 0.6 is 0 Å². The molecule has 0 fully saturated rings. The van der Waals surface area contributed by atoms with Crippen molar-refractivity contribution in [3.8, 4) is 0 Å². The normalized spacial score (nSPS) is 10.5. The summed E-state index contributed by atoms with van der Waals surface area (Å²) in [4.78, 5) is 16.1. The third kappa shape index (κ3) is 2.42. The zero-order chi connectivity index (χ0) is 13.0. The van der Waals surface area contributed by atoms with Crippen molar-refractivity contribution < 1.29 is 4.79 Å². The maximum atomic E-state index is 12.1. The van der Waals surface area contributed by atoms with Gasteiger partial charge in [-0.15, -0.1) is 0 Å². The number of anilines is 1. The van der Waals surface area contributed by atoms with E-state index in [0.717, 1.165) is 23.6 Å². The fourth-order valence-corrected chi connectivity index (χ4v) is 1.87. The van der Waals surface area contributed by atoms with Crippen molar-refractivity contribution in [2.45, 2.75) is 19.8 Å². The van der Waals surface area contributed by atoms with Crippen LogP contribution in [0.4, 0.5) is 5.82 Å². The molecule has 1 amide bonds. The summed E-state index contributed by atoms with van der Waals surface area (Å²) in [5, 5.41) is 4.56. The number of aromatic nitrogens is 1. The summed E-state index contributed by atoms with van der Waals surface area (Å²) in [7, 11) is 0. The van der Waals surface area contributed by atoms with Crippen molar-refractivity contribution in [1.82, 2.24) is 10.3 Å². The summed E-state index contributed by atoms with van der Waals surface area (Å²) in [5.74, 6) is 0.364. The Labute approximate surface area is 106 Å². The summed E-state index contributed by atoms with van der Waals surface area (Å²) in [6.45, 7) is 2.78. The van der Waals surface area contributed by atoms with Gasteiger partial charge in [0.2, 0.25) is 0 Å². The molecule has 0 radical (unpaired) electrons. The first-order valence-corrected chi connectivity index (χ1v) is 6.15. The first kappa shape index (κ1) is 12.4. The molecule has 0 bridgehead atoms. The fourth-order valence-electron chi connectivity index (χ4n) is 1.87. The number of nitrogen functional groups attached to an aromatic ring is 1. The van der Waals surface area contributed by atoms with Gasteiger partial charge < -0.3 is 11.1 Å². The largest absolute Gasteiger partial charge is 0.383 e. The minimum atomic E-state index is -0.0906. The maximum Gasteiger partial charge on any atom is 0.253 e. The minimum Gasteiger partial charge on any atom is -0.383 e. The number of nitrogens with two attached hydrogens (primary N) is 1. The van der Waals surface area contributed by atoms with Crippen molar-refractivity contribution in [3.63, 3.8) is 0 Å². The third-order valence-corrected chi connectivity index (χ3v) is 2.89. The lowest BCUT2D eigenvalue weighted by atomic mass is 10.1. The molecule has 0 saturated carbocycles. The Hall–Kier alpha value is -2.10. The van der Waals surface area contributed by atoms with Crippen molar-refractivity contribution in [3.05, 3.63) is 36.0 Å². The monoisotopic (exact) mass is 243 g/mol. The van der Waals surface area contributed by atoms with Crippen LogP contribution in [-0.2, 0) is 0 Å². The van der Waals surface area contributed by atoms with Crippen molar-refractivity contribution >= 4 is 22.5 Å². The smallest absolute Gasteiger partial charge is 0.253 e. The van der Waals surface area contributed by atoms with E-state index in [0.29, 0.717) is 17.9 Å². The van der Waals surface area contributed by atoms with Gasteiger partial charge >= 0.3 is 0 Å². The van der Waals surface area contributed by atoms with Crippen LogP contribution in [0, 0.1) is 0 Å². The van der Waals surface area contributed by atoms with E-state index >= 15 is 0 Å². The number of nitrogens with zero attached hydrogens (tertiary/aromatic N) is 1. The predicted molar refractivity (Wildman–Crippen MR) is 73.4 cm³/mol. The van der Waals surface area contributed by atoms with E-state index < -0.39 is 0 Å². The molecule has 1 heterocycles. The van der Waals surface area contributed by atoms with Crippen LogP contribution in [0.2, 0.25) is 0 Å². The Morgan fingerprint density at radius 2 is 2.06 bits per heavy atom. The average molecular weight is 243 g/mol. The van der Waals surface area contributed by atoms with E-state index in [1.165, 1.54) is 0 Å². The van der Waals surface area contributed by atoms with Crippen LogP contribution < -0.4 is 11.1 Å². The number of carbonyl (C=O) groups is 1. The van der Waals surface area contributed by atoms with Gasteiger partial charge in [0.25, 0.3) is 5.91 Å². The topological polar surface area (TPSA) is 68.0 Å². The number of carbonyl (C=O) groups excluding carboxylic acids is 1. The maximum absolute atomic E-state index is 12.1. The Bertz CT molecular complexity index is 566. The van der Waals surface area contributed by atoms with Gasteiger partial charge in [0.1, 0.15) is 5.82 Å². The molecule has 18 heavy (non-hydrogen) atoms. The molecule has 2 rings (SSSR count). The number of benzene rings is 1. The molecule has 0 aliphatic heterocycles. The number of rotatable bonds is 4. The molecule has 94 valence electrons. The van der Waals surface area contributed by atoms with Crippen LogP contribution in [0.1, 0.15) is 30.1 Å². The van der Waals surface area contributed by atoms with E-state index in [-0.39, 0.29) is 5.91 Å². The molecule has 0 aliphatic rings. The van der Waals surface area contributed by atoms with Crippen molar-refractivity contribution in [1.29, 1.82) is 0 Å². The molecule has 4 nitrogen and oxygen atoms in total. The van der Waals surface area contributed by atoms with Gasteiger partial charge in [0.05, 0.1) is 5.56 Å². The lowest BCUT2D eigenvalue weighted by Crippen LogP contribution is -2.24. The lowest BCUT2D eigenvalue weighted by molar-refractivity contribution is 0.0954. The zero-order valence-corrected chi connectivity index (χ0v) is 10.4. The summed E-state index contributed by atoms with van der Waals surface area (Å²) in [6, 6.07) is 7.55. The quantitative estimate of drug-likeness (QED) is 0.810. The van der Waals surface area contributed by atoms with Crippen LogP contribution in [0.25, 0.3) is 10.8 Å². The predicted octanol–water partition coefficient (Wildman–Crippen LogP) is 2.35. The second-order valence-corrected chi connectivity index (χ2v) is 4.21. The molecule has 0 unspecified atom stereocenters. The van der Waals surface area contributed by atoms with Gasteiger partial charge in [0.15, 0.2) is 0 Å². The summed E-state index contributed by atoms with van der Waals surface area (Å²) >= 11 is 0. The van der Waals surface area contributed by atoms with Gasteiger partial charge in [-0.05, 0) is 11.8 Å². The highest BCUT2D eigenvalue weighted by Crippen LogP contribution is 2.22. The molecule has 0 atom stereocenters. The second kappa shape index (κ2) is 5.49. The number of pyridine rings is 1. The Balaban J connectivity index is 2.33. The summed E-state index contributed by atoms with van der Waals surface area (Å²) in [6.07, 6.45) is 3.58. The summed E-state index contributed by atoms with van der Waals surface area (Å²) in [5.41, 5.74) is 6.38. The molecule has 1 aromatic heterocycles. The minimum absolute atomic E-state index is 0.0906. The molecule has 4 heteroatoms.